The second-order valence-electron chi connectivity index (χ2n) is 5.39. The minimum Gasteiger partial charge on any atom is -0.394 e. The average Bonchev–Trinajstić information content (AvgIpc) is 2.56. The Kier molecular flexibility index (Phi) is 4.20. The number of nitrogens with two attached hydrogens (primary N) is 1. The molecule has 22 heavy (non-hydrogen) atoms. The molecule has 5 nitrogen and oxygen atoms in total. The summed E-state index contributed by atoms with van der Waals surface area (Å²) in [6.07, 6.45) is 1.52. The predicted molar refractivity (Wildman–Crippen MR) is 86.2 cm³/mol. The van der Waals surface area contributed by atoms with E-state index in [-0.39, 0.29) is 5.82 Å². The number of piperazine rings is 1. The van der Waals surface area contributed by atoms with E-state index in [1.807, 2.05) is 0 Å². The van der Waals surface area contributed by atoms with Gasteiger partial charge in [-0.15, -0.1) is 0 Å². The Hall–Kier alpha value is -2.21. The minimum atomic E-state index is -0.271. The van der Waals surface area contributed by atoms with Crippen LogP contribution in [0.1, 0.15) is 6.92 Å². The van der Waals surface area contributed by atoms with Crippen molar-refractivity contribution in [3.05, 3.63) is 36.4 Å². The molecule has 1 aliphatic rings. The zero-order chi connectivity index (χ0) is 15.5. The van der Waals surface area contributed by atoms with Gasteiger partial charge in [0.05, 0.1) is 5.69 Å². The lowest BCUT2D eigenvalue weighted by Gasteiger charge is -2.35. The van der Waals surface area contributed by atoms with Crippen molar-refractivity contribution in [2.45, 2.75) is 6.92 Å². The summed E-state index contributed by atoms with van der Waals surface area (Å²) in [6, 6.07) is 6.20. The van der Waals surface area contributed by atoms with Gasteiger partial charge < -0.3 is 15.5 Å². The normalized spacial score (nSPS) is 16.0. The van der Waals surface area contributed by atoms with Gasteiger partial charge >= 0.3 is 0 Å². The molecule has 2 aromatic rings. The van der Waals surface area contributed by atoms with E-state index in [0.29, 0.717) is 11.4 Å². The standard InChI is InChI=1S/C16H20FN5/c1-2-21-7-9-22(10-8-21)16-14(18)15(19-11-20-16)12-3-5-13(17)6-4-12/h3-6,11H,2,7-10,18H2,1H3. The van der Waals surface area contributed by atoms with Gasteiger partial charge in [0.15, 0.2) is 5.82 Å². The van der Waals surface area contributed by atoms with Crippen LogP contribution in [0.4, 0.5) is 15.9 Å². The summed E-state index contributed by atoms with van der Waals surface area (Å²) in [4.78, 5) is 13.2. The number of rotatable bonds is 3. The molecule has 1 fully saturated rings. The molecule has 2 heterocycles. The molecular formula is C16H20FN5. The maximum Gasteiger partial charge on any atom is 0.155 e. The number of aromatic nitrogens is 2. The van der Waals surface area contributed by atoms with Gasteiger partial charge in [-0.25, -0.2) is 14.4 Å². The number of nitrogens with zero attached hydrogens (tertiary/aromatic N) is 4. The molecule has 116 valence electrons. The summed E-state index contributed by atoms with van der Waals surface area (Å²) in [5.74, 6) is 0.498. The molecular weight excluding hydrogens is 281 g/mol. The third-order valence-corrected chi connectivity index (χ3v) is 4.10. The number of anilines is 2. The lowest BCUT2D eigenvalue weighted by Crippen LogP contribution is -2.46. The van der Waals surface area contributed by atoms with Crippen molar-refractivity contribution >= 4 is 11.5 Å². The van der Waals surface area contributed by atoms with Crippen LogP contribution < -0.4 is 10.6 Å². The van der Waals surface area contributed by atoms with Crippen molar-refractivity contribution < 1.29 is 4.39 Å². The zero-order valence-electron chi connectivity index (χ0n) is 12.7. The summed E-state index contributed by atoms with van der Waals surface area (Å²) in [7, 11) is 0. The predicted octanol–water partition coefficient (Wildman–Crippen LogP) is 2.01. The molecule has 0 spiro atoms. The van der Waals surface area contributed by atoms with E-state index in [4.69, 9.17) is 5.73 Å². The summed E-state index contributed by atoms with van der Waals surface area (Å²) >= 11 is 0. The summed E-state index contributed by atoms with van der Waals surface area (Å²) < 4.78 is 13.1. The molecule has 0 radical (unpaired) electrons. The first-order chi connectivity index (χ1) is 10.7. The van der Waals surface area contributed by atoms with Crippen LogP contribution in [0.2, 0.25) is 0 Å². The van der Waals surface area contributed by atoms with Crippen molar-refractivity contribution in [3.8, 4) is 11.3 Å². The molecule has 6 heteroatoms. The molecule has 0 atom stereocenters. The molecule has 0 aliphatic carbocycles. The van der Waals surface area contributed by atoms with Gasteiger partial charge in [0.25, 0.3) is 0 Å². The van der Waals surface area contributed by atoms with Crippen molar-refractivity contribution in [2.75, 3.05) is 43.4 Å². The fraction of sp³-hybridized carbons (Fsp3) is 0.375. The highest BCUT2D eigenvalue weighted by Gasteiger charge is 2.20. The van der Waals surface area contributed by atoms with E-state index in [2.05, 4.69) is 26.7 Å². The monoisotopic (exact) mass is 301 g/mol. The van der Waals surface area contributed by atoms with Gasteiger partial charge in [0.2, 0.25) is 0 Å². The molecule has 1 aromatic heterocycles. The van der Waals surface area contributed by atoms with E-state index >= 15 is 0 Å². The third-order valence-electron chi connectivity index (χ3n) is 4.10. The number of nitrogen functional groups attached to an aromatic ring is 1. The van der Waals surface area contributed by atoms with Crippen LogP contribution in [0, 0.1) is 5.82 Å². The molecule has 1 aromatic carbocycles. The molecule has 0 unspecified atom stereocenters. The molecule has 3 rings (SSSR count). The number of halogens is 1. The van der Waals surface area contributed by atoms with E-state index in [0.717, 1.165) is 44.1 Å². The fourth-order valence-corrected chi connectivity index (χ4v) is 2.75. The average molecular weight is 301 g/mol. The first-order valence-corrected chi connectivity index (χ1v) is 7.52. The van der Waals surface area contributed by atoms with Gasteiger partial charge in [0, 0.05) is 31.7 Å². The van der Waals surface area contributed by atoms with E-state index < -0.39 is 0 Å². The van der Waals surface area contributed by atoms with Gasteiger partial charge in [-0.3, -0.25) is 0 Å². The maximum atomic E-state index is 13.1. The Morgan fingerprint density at radius 2 is 1.77 bits per heavy atom. The molecule has 0 saturated carbocycles. The summed E-state index contributed by atoms with van der Waals surface area (Å²) in [5, 5.41) is 0. The number of likely N-dealkylation sites (N-methyl/N-ethyl adjacent to an activating group) is 1. The van der Waals surface area contributed by atoms with Gasteiger partial charge in [-0.1, -0.05) is 6.92 Å². The van der Waals surface area contributed by atoms with Crippen LogP contribution in [0.25, 0.3) is 11.3 Å². The first kappa shape index (κ1) is 14.7. The van der Waals surface area contributed by atoms with Crippen molar-refractivity contribution in [2.24, 2.45) is 0 Å². The lowest BCUT2D eigenvalue weighted by atomic mass is 10.1. The van der Waals surface area contributed by atoms with Crippen LogP contribution in [0.15, 0.2) is 30.6 Å². The third kappa shape index (κ3) is 2.87. The number of hydrogen-bond donors (Lipinski definition) is 1. The van der Waals surface area contributed by atoms with Crippen molar-refractivity contribution in [1.29, 1.82) is 0 Å². The summed E-state index contributed by atoms with van der Waals surface area (Å²) in [6.45, 7) is 7.04. The van der Waals surface area contributed by atoms with E-state index in [9.17, 15) is 4.39 Å². The van der Waals surface area contributed by atoms with Crippen molar-refractivity contribution in [1.82, 2.24) is 14.9 Å². The van der Waals surface area contributed by atoms with Crippen molar-refractivity contribution in [3.63, 3.8) is 0 Å². The van der Waals surface area contributed by atoms with Crippen LogP contribution >= 0.6 is 0 Å². The second-order valence-corrected chi connectivity index (χ2v) is 5.39. The van der Waals surface area contributed by atoms with Crippen LogP contribution in [-0.2, 0) is 0 Å². The Labute approximate surface area is 129 Å². The fourth-order valence-electron chi connectivity index (χ4n) is 2.75. The van der Waals surface area contributed by atoms with Gasteiger partial charge in [0.1, 0.15) is 17.8 Å². The van der Waals surface area contributed by atoms with Crippen LogP contribution in [0.5, 0.6) is 0 Å². The minimum absolute atomic E-state index is 0.271. The molecule has 2 N–H and O–H groups in total. The van der Waals surface area contributed by atoms with Gasteiger partial charge in [-0.2, -0.15) is 0 Å². The highest BCUT2D eigenvalue weighted by molar-refractivity contribution is 5.80. The Morgan fingerprint density at radius 3 is 2.41 bits per heavy atom. The van der Waals surface area contributed by atoms with Gasteiger partial charge in [-0.05, 0) is 30.8 Å². The maximum absolute atomic E-state index is 13.1. The largest absolute Gasteiger partial charge is 0.394 e. The van der Waals surface area contributed by atoms with E-state index in [1.165, 1.54) is 18.5 Å². The lowest BCUT2D eigenvalue weighted by molar-refractivity contribution is 0.270. The number of hydrogen-bond acceptors (Lipinski definition) is 5. The first-order valence-electron chi connectivity index (χ1n) is 7.52. The summed E-state index contributed by atoms with van der Waals surface area (Å²) in [5.41, 5.74) is 8.29. The van der Waals surface area contributed by atoms with Crippen LogP contribution in [0.3, 0.4) is 0 Å². The van der Waals surface area contributed by atoms with Crippen LogP contribution in [-0.4, -0.2) is 47.6 Å². The Balaban J connectivity index is 1.88. The molecule has 1 saturated heterocycles. The zero-order valence-corrected chi connectivity index (χ0v) is 12.7. The Morgan fingerprint density at radius 1 is 1.09 bits per heavy atom. The smallest absolute Gasteiger partial charge is 0.155 e. The molecule has 0 bridgehead atoms. The Bertz CT molecular complexity index is 635. The molecule has 1 aliphatic heterocycles. The van der Waals surface area contributed by atoms with E-state index in [1.54, 1.807) is 12.1 Å². The second kappa shape index (κ2) is 6.27. The number of benzene rings is 1. The highest BCUT2D eigenvalue weighted by atomic mass is 19.1. The topological polar surface area (TPSA) is 58.3 Å². The quantitative estimate of drug-likeness (QED) is 0.940. The molecule has 0 amide bonds. The highest BCUT2D eigenvalue weighted by Crippen LogP contribution is 2.30. The SMILES string of the molecule is CCN1CCN(c2ncnc(-c3ccc(F)cc3)c2N)CC1.